The van der Waals surface area contributed by atoms with Crippen molar-refractivity contribution in [3.63, 3.8) is 0 Å². The molecule has 2 aromatic rings. The molecule has 8 nitrogen and oxygen atoms in total. The van der Waals surface area contributed by atoms with Gasteiger partial charge in [0.05, 0.1) is 17.2 Å². The number of nitrogens with one attached hydrogen (secondary N) is 2. The van der Waals surface area contributed by atoms with E-state index in [-0.39, 0.29) is 11.8 Å². The molecule has 1 aliphatic rings. The second-order valence-corrected chi connectivity index (χ2v) is 6.80. The summed E-state index contributed by atoms with van der Waals surface area (Å²) in [7, 11) is 0. The van der Waals surface area contributed by atoms with Crippen molar-refractivity contribution in [3.05, 3.63) is 51.8 Å². The molecule has 154 valence electrons. The van der Waals surface area contributed by atoms with Crippen molar-refractivity contribution in [3.8, 4) is 11.5 Å². The van der Waals surface area contributed by atoms with Gasteiger partial charge in [0.1, 0.15) is 23.6 Å². The number of rotatable bonds is 7. The minimum absolute atomic E-state index is 0.0738. The zero-order valence-corrected chi connectivity index (χ0v) is 16.3. The Labute approximate surface area is 167 Å². The van der Waals surface area contributed by atoms with Crippen molar-refractivity contribution in [2.24, 2.45) is 0 Å². The summed E-state index contributed by atoms with van der Waals surface area (Å²) in [5.74, 6) is -0.0534. The summed E-state index contributed by atoms with van der Waals surface area (Å²) in [4.78, 5) is 22.6. The number of carbonyl (C=O) groups is 1. The fourth-order valence-corrected chi connectivity index (χ4v) is 3.11. The van der Waals surface area contributed by atoms with Crippen molar-refractivity contribution in [2.45, 2.75) is 39.3 Å². The van der Waals surface area contributed by atoms with Crippen LogP contribution in [0.25, 0.3) is 0 Å². The fourth-order valence-electron chi connectivity index (χ4n) is 3.11. The van der Waals surface area contributed by atoms with Gasteiger partial charge in [0, 0.05) is 29.8 Å². The molecule has 0 aliphatic carbocycles. The highest BCUT2D eigenvalue weighted by molar-refractivity contribution is 5.96. The third kappa shape index (κ3) is 4.56. The van der Waals surface area contributed by atoms with Crippen LogP contribution in [0.4, 0.5) is 21.5 Å². The lowest BCUT2D eigenvalue weighted by Gasteiger charge is -2.19. The van der Waals surface area contributed by atoms with Gasteiger partial charge in [0.15, 0.2) is 0 Å². The SMILES string of the molecule is CCOc1cc2c(cc1N[C@@H](C)C(=O)Nc1ccc(F)c([N+](=O)[O-])c1)O[C@@H](C)C2. The van der Waals surface area contributed by atoms with E-state index < -0.39 is 28.4 Å². The summed E-state index contributed by atoms with van der Waals surface area (Å²) >= 11 is 0. The van der Waals surface area contributed by atoms with Crippen LogP contribution in [0, 0.1) is 15.9 Å². The van der Waals surface area contributed by atoms with Crippen LogP contribution in [-0.4, -0.2) is 29.6 Å². The Morgan fingerprint density at radius 1 is 1.41 bits per heavy atom. The Morgan fingerprint density at radius 2 is 2.17 bits per heavy atom. The molecule has 0 fully saturated rings. The summed E-state index contributed by atoms with van der Waals surface area (Å²) in [6, 6.07) is 6.20. The maximum absolute atomic E-state index is 13.5. The smallest absolute Gasteiger partial charge is 0.306 e. The molecule has 2 aromatic carbocycles. The minimum atomic E-state index is -0.965. The number of ether oxygens (including phenoxy) is 2. The molecule has 3 rings (SSSR count). The third-order valence-corrected chi connectivity index (χ3v) is 4.47. The predicted octanol–water partition coefficient (Wildman–Crippen LogP) is 3.90. The molecule has 0 saturated heterocycles. The van der Waals surface area contributed by atoms with E-state index in [1.807, 2.05) is 19.9 Å². The lowest BCUT2D eigenvalue weighted by molar-refractivity contribution is -0.387. The van der Waals surface area contributed by atoms with Gasteiger partial charge >= 0.3 is 5.69 Å². The van der Waals surface area contributed by atoms with E-state index >= 15 is 0 Å². The van der Waals surface area contributed by atoms with Gasteiger partial charge in [-0.2, -0.15) is 4.39 Å². The molecule has 0 bridgehead atoms. The van der Waals surface area contributed by atoms with Crippen LogP contribution in [-0.2, 0) is 11.2 Å². The van der Waals surface area contributed by atoms with Gasteiger partial charge in [-0.1, -0.05) is 0 Å². The van der Waals surface area contributed by atoms with E-state index in [2.05, 4.69) is 10.6 Å². The Morgan fingerprint density at radius 3 is 2.86 bits per heavy atom. The van der Waals surface area contributed by atoms with E-state index in [0.29, 0.717) is 18.0 Å². The van der Waals surface area contributed by atoms with Gasteiger partial charge in [0.2, 0.25) is 11.7 Å². The molecule has 1 aliphatic heterocycles. The van der Waals surface area contributed by atoms with E-state index in [9.17, 15) is 19.3 Å². The Hall–Kier alpha value is -3.36. The molecule has 0 spiro atoms. The number of halogens is 1. The van der Waals surface area contributed by atoms with Crippen LogP contribution in [0.2, 0.25) is 0 Å². The lowest BCUT2D eigenvalue weighted by Crippen LogP contribution is -2.32. The standard InChI is InChI=1S/C20H22FN3O5/c1-4-28-19-8-13-7-11(2)29-18(13)10-16(19)22-12(3)20(25)23-14-5-6-15(21)17(9-14)24(26)27/h5-6,8-12,22H,4,7H2,1-3H3,(H,23,25)/t11-,12-/m0/s1. The maximum atomic E-state index is 13.5. The molecule has 2 atom stereocenters. The molecule has 1 heterocycles. The Bertz CT molecular complexity index is 950. The van der Waals surface area contributed by atoms with Crippen molar-refractivity contribution in [2.75, 3.05) is 17.2 Å². The van der Waals surface area contributed by atoms with Crippen LogP contribution in [0.1, 0.15) is 26.3 Å². The van der Waals surface area contributed by atoms with E-state index in [1.54, 1.807) is 13.0 Å². The topological polar surface area (TPSA) is 103 Å². The molecule has 0 unspecified atom stereocenters. The summed E-state index contributed by atoms with van der Waals surface area (Å²) in [5.41, 5.74) is 1.08. The second kappa shape index (κ2) is 8.34. The number of nitro benzene ring substituents is 1. The predicted molar refractivity (Wildman–Crippen MR) is 106 cm³/mol. The number of amides is 1. The fraction of sp³-hybridized carbons (Fsp3) is 0.350. The highest BCUT2D eigenvalue weighted by Gasteiger charge is 2.24. The number of carbonyl (C=O) groups excluding carboxylic acids is 1. The zero-order valence-electron chi connectivity index (χ0n) is 16.3. The summed E-state index contributed by atoms with van der Waals surface area (Å²) in [5, 5.41) is 16.5. The molecular weight excluding hydrogens is 381 g/mol. The van der Waals surface area contributed by atoms with Crippen molar-refractivity contribution < 1.29 is 23.6 Å². The number of hydrogen-bond acceptors (Lipinski definition) is 6. The number of benzene rings is 2. The first-order valence-electron chi connectivity index (χ1n) is 9.26. The van der Waals surface area contributed by atoms with Gasteiger partial charge in [-0.15, -0.1) is 0 Å². The number of fused-ring (bicyclic) bond motifs is 1. The monoisotopic (exact) mass is 403 g/mol. The average Bonchev–Trinajstić information content (AvgIpc) is 3.02. The third-order valence-electron chi connectivity index (χ3n) is 4.47. The molecule has 0 radical (unpaired) electrons. The van der Waals surface area contributed by atoms with Crippen LogP contribution < -0.4 is 20.1 Å². The van der Waals surface area contributed by atoms with Crippen molar-refractivity contribution in [1.29, 1.82) is 0 Å². The van der Waals surface area contributed by atoms with Gasteiger partial charge in [-0.3, -0.25) is 14.9 Å². The molecule has 29 heavy (non-hydrogen) atoms. The van der Waals surface area contributed by atoms with Gasteiger partial charge < -0.3 is 20.1 Å². The molecule has 1 amide bonds. The van der Waals surface area contributed by atoms with Crippen LogP contribution in [0.5, 0.6) is 11.5 Å². The minimum Gasteiger partial charge on any atom is -0.492 e. The maximum Gasteiger partial charge on any atom is 0.306 e. The Kier molecular flexibility index (Phi) is 5.86. The van der Waals surface area contributed by atoms with Crippen molar-refractivity contribution in [1.82, 2.24) is 0 Å². The number of nitrogens with zero attached hydrogens (tertiary/aromatic N) is 1. The largest absolute Gasteiger partial charge is 0.492 e. The quantitative estimate of drug-likeness (QED) is 0.537. The number of hydrogen-bond donors (Lipinski definition) is 2. The zero-order chi connectivity index (χ0) is 21.1. The van der Waals surface area contributed by atoms with Gasteiger partial charge in [-0.05, 0) is 39.0 Å². The van der Waals surface area contributed by atoms with Gasteiger partial charge in [0.25, 0.3) is 0 Å². The van der Waals surface area contributed by atoms with E-state index in [4.69, 9.17) is 9.47 Å². The summed E-state index contributed by atoms with van der Waals surface area (Å²) in [6.45, 7) is 5.95. The van der Waals surface area contributed by atoms with Crippen LogP contribution >= 0.6 is 0 Å². The highest BCUT2D eigenvalue weighted by atomic mass is 19.1. The molecular formula is C20H22FN3O5. The molecule has 0 saturated carbocycles. The molecule has 9 heteroatoms. The first kappa shape index (κ1) is 20.4. The first-order valence-corrected chi connectivity index (χ1v) is 9.26. The van der Waals surface area contributed by atoms with E-state index in [1.165, 1.54) is 6.07 Å². The first-order chi connectivity index (χ1) is 13.8. The summed E-state index contributed by atoms with van der Waals surface area (Å²) in [6.07, 6.45) is 0.861. The van der Waals surface area contributed by atoms with Crippen molar-refractivity contribution >= 4 is 23.0 Å². The van der Waals surface area contributed by atoms with Crippen LogP contribution in [0.15, 0.2) is 30.3 Å². The van der Waals surface area contributed by atoms with Crippen LogP contribution in [0.3, 0.4) is 0 Å². The lowest BCUT2D eigenvalue weighted by atomic mass is 10.1. The normalized spacial score (nSPS) is 15.8. The second-order valence-electron chi connectivity index (χ2n) is 6.80. The number of anilines is 2. The average molecular weight is 403 g/mol. The molecule has 0 aromatic heterocycles. The summed E-state index contributed by atoms with van der Waals surface area (Å²) < 4.78 is 24.9. The molecule has 2 N–H and O–H groups in total. The Balaban J connectivity index is 1.75. The van der Waals surface area contributed by atoms with E-state index in [0.717, 1.165) is 29.9 Å². The number of nitro groups is 1. The highest BCUT2D eigenvalue weighted by Crippen LogP contribution is 2.38. The van der Waals surface area contributed by atoms with Gasteiger partial charge in [-0.25, -0.2) is 0 Å².